The Morgan fingerprint density at radius 3 is 2.64 bits per heavy atom. The van der Waals surface area contributed by atoms with Crippen molar-refractivity contribution in [2.45, 2.75) is 17.9 Å². The minimum atomic E-state index is -3.83. The molecule has 0 aliphatic carbocycles. The van der Waals surface area contributed by atoms with Gasteiger partial charge >= 0.3 is 0 Å². The van der Waals surface area contributed by atoms with Crippen LogP contribution in [-0.4, -0.2) is 33.2 Å². The predicted octanol–water partition coefficient (Wildman–Crippen LogP) is 1.54. The van der Waals surface area contributed by atoms with E-state index < -0.39 is 21.6 Å². The molecule has 142 valence electrons. The van der Waals surface area contributed by atoms with Gasteiger partial charge in [0.05, 0.1) is 27.8 Å². The molecular weight excluding hydrogens is 380 g/mol. The SMILES string of the molecule is C[C@H](NS(=O)(=O)c1ccc2nc[nH]c(=O)c2c1)c1ccc(-n2cncn2)cc1. The smallest absolute Gasteiger partial charge is 0.258 e. The Morgan fingerprint density at radius 1 is 1.14 bits per heavy atom. The van der Waals surface area contributed by atoms with E-state index in [0.29, 0.717) is 5.52 Å². The van der Waals surface area contributed by atoms with Crippen LogP contribution in [0.4, 0.5) is 0 Å². The quantitative estimate of drug-likeness (QED) is 0.528. The lowest BCUT2D eigenvalue weighted by molar-refractivity contribution is 0.567. The second kappa shape index (κ2) is 6.98. The summed E-state index contributed by atoms with van der Waals surface area (Å²) in [6.45, 7) is 1.75. The van der Waals surface area contributed by atoms with Crippen LogP contribution in [0.1, 0.15) is 18.5 Å². The van der Waals surface area contributed by atoms with Gasteiger partial charge < -0.3 is 4.98 Å². The van der Waals surface area contributed by atoms with Crippen molar-refractivity contribution in [3.63, 3.8) is 0 Å². The van der Waals surface area contributed by atoms with Crippen molar-refractivity contribution in [3.05, 3.63) is 77.4 Å². The number of sulfonamides is 1. The van der Waals surface area contributed by atoms with E-state index in [1.807, 2.05) is 24.3 Å². The van der Waals surface area contributed by atoms with Crippen molar-refractivity contribution >= 4 is 20.9 Å². The number of nitrogens with zero attached hydrogens (tertiary/aromatic N) is 4. The average Bonchev–Trinajstić information content (AvgIpc) is 3.23. The summed E-state index contributed by atoms with van der Waals surface area (Å²) in [6, 6.07) is 11.1. The fraction of sp³-hybridized carbons (Fsp3) is 0.111. The van der Waals surface area contributed by atoms with Crippen molar-refractivity contribution < 1.29 is 8.42 Å². The topological polar surface area (TPSA) is 123 Å². The maximum Gasteiger partial charge on any atom is 0.258 e. The van der Waals surface area contributed by atoms with Crippen LogP contribution in [-0.2, 0) is 10.0 Å². The van der Waals surface area contributed by atoms with E-state index in [9.17, 15) is 13.2 Å². The molecule has 0 fully saturated rings. The number of hydrogen-bond acceptors (Lipinski definition) is 6. The van der Waals surface area contributed by atoms with E-state index in [-0.39, 0.29) is 10.3 Å². The lowest BCUT2D eigenvalue weighted by Gasteiger charge is -2.15. The predicted molar refractivity (Wildman–Crippen MR) is 102 cm³/mol. The summed E-state index contributed by atoms with van der Waals surface area (Å²) in [5, 5.41) is 4.27. The standard InChI is InChI=1S/C18H16N6O3S/c1-12(13-2-4-14(5-3-13)24-11-19-9-22-24)23-28(26,27)15-6-7-17-16(8-15)18(25)21-10-20-17/h2-12,23H,1H3,(H,20,21,25)/t12-/m0/s1. The molecule has 0 unspecified atom stereocenters. The summed E-state index contributed by atoms with van der Waals surface area (Å²) in [7, 11) is -3.83. The molecular formula is C18H16N6O3S. The van der Waals surface area contributed by atoms with Gasteiger partial charge in [-0.3, -0.25) is 4.79 Å². The van der Waals surface area contributed by atoms with Crippen molar-refractivity contribution in [3.8, 4) is 5.69 Å². The molecule has 2 aromatic heterocycles. The third kappa shape index (κ3) is 3.42. The Hall–Kier alpha value is -3.37. The molecule has 0 bridgehead atoms. The molecule has 4 aromatic rings. The van der Waals surface area contributed by atoms with E-state index in [0.717, 1.165) is 11.3 Å². The highest BCUT2D eigenvalue weighted by Gasteiger charge is 2.19. The lowest BCUT2D eigenvalue weighted by atomic mass is 10.1. The molecule has 28 heavy (non-hydrogen) atoms. The number of fused-ring (bicyclic) bond motifs is 1. The van der Waals surface area contributed by atoms with E-state index in [4.69, 9.17) is 0 Å². The van der Waals surface area contributed by atoms with Crippen LogP contribution >= 0.6 is 0 Å². The molecule has 10 heteroatoms. The first-order valence-corrected chi connectivity index (χ1v) is 9.87. The van der Waals surface area contributed by atoms with Crippen molar-refractivity contribution in [1.82, 2.24) is 29.5 Å². The molecule has 9 nitrogen and oxygen atoms in total. The van der Waals surface area contributed by atoms with E-state index >= 15 is 0 Å². The van der Waals surface area contributed by atoms with Gasteiger partial charge in [0.25, 0.3) is 5.56 Å². The molecule has 0 saturated carbocycles. The van der Waals surface area contributed by atoms with Crippen LogP contribution < -0.4 is 10.3 Å². The molecule has 2 heterocycles. The summed E-state index contributed by atoms with van der Waals surface area (Å²) < 4.78 is 29.8. The highest BCUT2D eigenvalue weighted by molar-refractivity contribution is 7.89. The second-order valence-corrected chi connectivity index (χ2v) is 7.90. The summed E-state index contributed by atoms with van der Waals surface area (Å²) in [4.78, 5) is 22.3. The molecule has 0 spiro atoms. The zero-order chi connectivity index (χ0) is 19.7. The first kappa shape index (κ1) is 18.0. The van der Waals surface area contributed by atoms with Gasteiger partial charge in [0.1, 0.15) is 12.7 Å². The van der Waals surface area contributed by atoms with Crippen LogP contribution in [0.15, 0.2) is 71.1 Å². The molecule has 1 atom stereocenters. The first-order chi connectivity index (χ1) is 13.4. The minimum absolute atomic E-state index is 0.00425. The number of hydrogen-bond donors (Lipinski definition) is 2. The molecule has 0 aliphatic rings. The van der Waals surface area contributed by atoms with Gasteiger partial charge in [-0.1, -0.05) is 12.1 Å². The Kier molecular flexibility index (Phi) is 4.49. The molecule has 0 aliphatic heterocycles. The summed E-state index contributed by atoms with van der Waals surface area (Å²) in [6.07, 6.45) is 4.30. The largest absolute Gasteiger partial charge is 0.313 e. The molecule has 2 N–H and O–H groups in total. The van der Waals surface area contributed by atoms with Gasteiger partial charge in [0.15, 0.2) is 0 Å². The van der Waals surface area contributed by atoms with Gasteiger partial charge in [-0.25, -0.2) is 27.8 Å². The highest BCUT2D eigenvalue weighted by Crippen LogP contribution is 2.20. The zero-order valence-electron chi connectivity index (χ0n) is 14.8. The monoisotopic (exact) mass is 396 g/mol. The normalized spacial score (nSPS) is 12.9. The van der Waals surface area contributed by atoms with Gasteiger partial charge in [-0.15, -0.1) is 0 Å². The highest BCUT2D eigenvalue weighted by atomic mass is 32.2. The fourth-order valence-corrected chi connectivity index (χ4v) is 4.10. The molecule has 2 aromatic carbocycles. The minimum Gasteiger partial charge on any atom is -0.313 e. The zero-order valence-corrected chi connectivity index (χ0v) is 15.6. The van der Waals surface area contributed by atoms with Crippen LogP contribution in [0, 0.1) is 0 Å². The Morgan fingerprint density at radius 2 is 1.93 bits per heavy atom. The van der Waals surface area contributed by atoms with Crippen molar-refractivity contribution in [2.75, 3.05) is 0 Å². The third-order valence-corrected chi connectivity index (χ3v) is 5.87. The van der Waals surface area contributed by atoms with Gasteiger partial charge in [0, 0.05) is 6.04 Å². The summed E-state index contributed by atoms with van der Waals surface area (Å²) in [5.74, 6) is 0. The molecule has 0 saturated heterocycles. The Balaban J connectivity index is 1.59. The van der Waals surface area contributed by atoms with Crippen LogP contribution in [0.2, 0.25) is 0 Å². The molecule has 0 radical (unpaired) electrons. The van der Waals surface area contributed by atoms with E-state index in [1.165, 1.54) is 30.9 Å². The van der Waals surface area contributed by atoms with Crippen LogP contribution in [0.5, 0.6) is 0 Å². The van der Waals surface area contributed by atoms with E-state index in [2.05, 4.69) is 24.8 Å². The second-order valence-electron chi connectivity index (χ2n) is 6.19. The van der Waals surface area contributed by atoms with Gasteiger partial charge in [-0.2, -0.15) is 5.10 Å². The van der Waals surface area contributed by atoms with Crippen molar-refractivity contribution in [1.29, 1.82) is 0 Å². The fourth-order valence-electron chi connectivity index (χ4n) is 2.84. The van der Waals surface area contributed by atoms with Crippen LogP contribution in [0.25, 0.3) is 16.6 Å². The number of aromatic nitrogens is 5. The third-order valence-electron chi connectivity index (χ3n) is 4.33. The average molecular weight is 396 g/mol. The van der Waals surface area contributed by atoms with E-state index in [1.54, 1.807) is 17.9 Å². The maximum absolute atomic E-state index is 12.8. The number of rotatable bonds is 5. The first-order valence-electron chi connectivity index (χ1n) is 8.39. The van der Waals surface area contributed by atoms with Crippen LogP contribution in [0.3, 0.4) is 0 Å². The summed E-state index contributed by atoms with van der Waals surface area (Å²) in [5.41, 5.74) is 1.64. The Bertz CT molecular complexity index is 1280. The number of nitrogens with one attached hydrogen (secondary N) is 2. The summed E-state index contributed by atoms with van der Waals surface area (Å²) >= 11 is 0. The number of aromatic amines is 1. The maximum atomic E-state index is 12.8. The molecule has 4 rings (SSSR count). The number of benzene rings is 2. The van der Waals surface area contributed by atoms with Crippen molar-refractivity contribution in [2.24, 2.45) is 0 Å². The van der Waals surface area contributed by atoms with Gasteiger partial charge in [0.2, 0.25) is 10.0 Å². The molecule has 0 amide bonds. The van der Waals surface area contributed by atoms with Gasteiger partial charge in [-0.05, 0) is 42.8 Å². The number of H-pyrrole nitrogens is 1. The lowest BCUT2D eigenvalue weighted by Crippen LogP contribution is -2.27. The Labute approximate surface area is 160 Å².